The number of nitrogens with zero attached hydrogens (tertiary/aromatic N) is 1. The Morgan fingerprint density at radius 3 is 2.67 bits per heavy atom. The molecule has 0 spiro atoms. The summed E-state index contributed by atoms with van der Waals surface area (Å²) in [4.78, 5) is 13.6. The molecule has 0 saturated heterocycles. The van der Waals surface area contributed by atoms with Gasteiger partial charge in [-0.15, -0.1) is 0 Å². The Morgan fingerprint density at radius 1 is 1.60 bits per heavy atom. The van der Waals surface area contributed by atoms with Crippen molar-refractivity contribution in [3.05, 3.63) is 22.5 Å². The number of alkyl halides is 2. The number of aromatic nitrogens is 1. The highest BCUT2D eigenvalue weighted by molar-refractivity contribution is 6.32. The number of carboxylic acids is 1. The maximum absolute atomic E-state index is 12.2. The monoisotopic (exact) mass is 237 g/mol. The number of aliphatic carboxylic acids is 1. The van der Waals surface area contributed by atoms with Gasteiger partial charge in [-0.25, -0.2) is 13.8 Å². The molecule has 0 bridgehead atoms. The van der Waals surface area contributed by atoms with Crippen LogP contribution in [0.2, 0.25) is 5.02 Å². The number of hydrogen-bond donors (Lipinski definition) is 2. The van der Waals surface area contributed by atoms with E-state index in [-0.39, 0.29) is 10.7 Å². The van der Waals surface area contributed by atoms with E-state index in [1.54, 1.807) is 0 Å². The summed E-state index contributed by atoms with van der Waals surface area (Å²) in [6.07, 6.45) is -3.53. The van der Waals surface area contributed by atoms with Crippen LogP contribution >= 0.6 is 11.6 Å². The van der Waals surface area contributed by atoms with Crippen LogP contribution in [0.1, 0.15) is 17.8 Å². The third kappa shape index (κ3) is 2.76. The van der Waals surface area contributed by atoms with Crippen molar-refractivity contribution in [3.8, 4) is 5.75 Å². The van der Waals surface area contributed by atoms with Crippen molar-refractivity contribution in [1.82, 2.24) is 4.98 Å². The Kier molecular flexibility index (Phi) is 3.41. The summed E-state index contributed by atoms with van der Waals surface area (Å²) in [5, 5.41) is 17.3. The normalized spacial score (nSPS) is 10.7. The summed E-state index contributed by atoms with van der Waals surface area (Å²) in [7, 11) is 0. The molecule has 1 heterocycles. The average molecular weight is 238 g/mol. The van der Waals surface area contributed by atoms with Crippen LogP contribution < -0.4 is 0 Å². The molecule has 0 aromatic carbocycles. The predicted octanol–water partition coefficient (Wildman–Crippen LogP) is 2.01. The SMILES string of the molecule is O=C(O)Cc1nc(C(F)F)cc(Cl)c1O. The van der Waals surface area contributed by atoms with Crippen LogP contribution in [0.15, 0.2) is 6.07 Å². The Labute approximate surface area is 88.1 Å². The van der Waals surface area contributed by atoms with Gasteiger partial charge in [-0.3, -0.25) is 4.79 Å². The Balaban J connectivity index is 3.18. The van der Waals surface area contributed by atoms with Crippen molar-refractivity contribution in [3.63, 3.8) is 0 Å². The summed E-state index contributed by atoms with van der Waals surface area (Å²) in [6, 6.07) is 0.799. The van der Waals surface area contributed by atoms with Gasteiger partial charge in [-0.05, 0) is 6.07 Å². The van der Waals surface area contributed by atoms with Gasteiger partial charge in [-0.2, -0.15) is 0 Å². The van der Waals surface area contributed by atoms with Crippen LogP contribution in [0.4, 0.5) is 8.78 Å². The number of aromatic hydroxyl groups is 1. The molecule has 0 aliphatic rings. The molecule has 0 aliphatic heterocycles. The third-order valence-corrected chi connectivity index (χ3v) is 1.87. The number of halogens is 3. The van der Waals surface area contributed by atoms with Gasteiger partial charge in [0.2, 0.25) is 0 Å². The first-order valence-electron chi connectivity index (χ1n) is 3.80. The van der Waals surface area contributed by atoms with Gasteiger partial charge >= 0.3 is 5.97 Å². The van der Waals surface area contributed by atoms with Crippen molar-refractivity contribution < 1.29 is 23.8 Å². The number of pyridine rings is 1. The van der Waals surface area contributed by atoms with Gasteiger partial charge in [0.05, 0.1) is 17.1 Å². The zero-order valence-electron chi connectivity index (χ0n) is 7.25. The second-order valence-corrected chi connectivity index (χ2v) is 3.10. The minimum atomic E-state index is -2.87. The molecule has 7 heteroatoms. The van der Waals surface area contributed by atoms with Crippen LogP contribution in [0.3, 0.4) is 0 Å². The standard InChI is InChI=1S/C8H6ClF2NO3/c9-3-1-5(8(10)11)12-4(7(3)15)2-6(13)14/h1,8,15H,2H2,(H,13,14). The van der Waals surface area contributed by atoms with Crippen LogP contribution in [-0.2, 0) is 11.2 Å². The molecular weight excluding hydrogens is 232 g/mol. The number of rotatable bonds is 3. The molecule has 1 aromatic heterocycles. The first-order valence-corrected chi connectivity index (χ1v) is 4.18. The Hall–Kier alpha value is -1.43. The minimum absolute atomic E-state index is 0.337. The van der Waals surface area contributed by atoms with E-state index in [4.69, 9.17) is 16.7 Å². The lowest BCUT2D eigenvalue weighted by molar-refractivity contribution is -0.136. The first-order chi connectivity index (χ1) is 6.91. The summed E-state index contributed by atoms with van der Waals surface area (Å²) in [5.41, 5.74) is -1.03. The van der Waals surface area contributed by atoms with E-state index in [0.717, 1.165) is 6.07 Å². The minimum Gasteiger partial charge on any atom is -0.505 e. The van der Waals surface area contributed by atoms with E-state index in [1.807, 2.05) is 0 Å². The van der Waals surface area contributed by atoms with E-state index >= 15 is 0 Å². The fourth-order valence-corrected chi connectivity index (χ4v) is 1.18. The molecule has 15 heavy (non-hydrogen) atoms. The molecule has 0 fully saturated rings. The van der Waals surface area contributed by atoms with Crippen molar-refractivity contribution in [2.75, 3.05) is 0 Å². The highest BCUT2D eigenvalue weighted by Gasteiger charge is 2.17. The van der Waals surface area contributed by atoms with Crippen molar-refractivity contribution in [2.24, 2.45) is 0 Å². The summed E-state index contributed by atoms with van der Waals surface area (Å²) in [5.74, 6) is -1.87. The molecule has 0 aliphatic carbocycles. The van der Waals surface area contributed by atoms with Crippen LogP contribution in [-0.4, -0.2) is 21.2 Å². The molecule has 0 saturated carbocycles. The lowest BCUT2D eigenvalue weighted by Crippen LogP contribution is -2.05. The molecule has 82 valence electrons. The van der Waals surface area contributed by atoms with Crippen molar-refractivity contribution in [2.45, 2.75) is 12.8 Å². The van der Waals surface area contributed by atoms with Gasteiger partial charge in [0.25, 0.3) is 6.43 Å². The lowest BCUT2D eigenvalue weighted by atomic mass is 10.2. The van der Waals surface area contributed by atoms with E-state index in [9.17, 15) is 18.7 Å². The zero-order valence-corrected chi connectivity index (χ0v) is 8.00. The fraction of sp³-hybridized carbons (Fsp3) is 0.250. The quantitative estimate of drug-likeness (QED) is 0.844. The molecule has 2 N–H and O–H groups in total. The molecular formula is C8H6ClF2NO3. The average Bonchev–Trinajstić information content (AvgIpc) is 2.11. The summed E-state index contributed by atoms with van der Waals surface area (Å²) >= 11 is 5.43. The molecule has 0 unspecified atom stereocenters. The molecule has 0 atom stereocenters. The van der Waals surface area contributed by atoms with Gasteiger partial charge in [-0.1, -0.05) is 11.6 Å². The van der Waals surface area contributed by atoms with Gasteiger partial charge in [0.1, 0.15) is 5.69 Å². The third-order valence-electron chi connectivity index (χ3n) is 1.58. The summed E-state index contributed by atoms with van der Waals surface area (Å²) in [6.45, 7) is 0. The van der Waals surface area contributed by atoms with E-state index in [0.29, 0.717) is 0 Å². The van der Waals surface area contributed by atoms with Crippen LogP contribution in [0.5, 0.6) is 5.75 Å². The molecule has 1 aromatic rings. The second kappa shape index (κ2) is 4.39. The van der Waals surface area contributed by atoms with E-state index in [1.165, 1.54) is 0 Å². The van der Waals surface area contributed by atoms with E-state index in [2.05, 4.69) is 4.98 Å². The molecule has 0 radical (unpaired) electrons. The fourth-order valence-electron chi connectivity index (χ4n) is 0.955. The number of hydrogen-bond acceptors (Lipinski definition) is 3. The van der Waals surface area contributed by atoms with Crippen LogP contribution in [0.25, 0.3) is 0 Å². The number of carboxylic acid groups (broad SMARTS) is 1. The highest BCUT2D eigenvalue weighted by atomic mass is 35.5. The Morgan fingerprint density at radius 2 is 2.20 bits per heavy atom. The van der Waals surface area contributed by atoms with Gasteiger partial charge in [0, 0.05) is 0 Å². The Bertz CT molecular complexity index is 398. The maximum atomic E-state index is 12.2. The molecule has 0 amide bonds. The molecule has 4 nitrogen and oxygen atoms in total. The van der Waals surface area contributed by atoms with Crippen molar-refractivity contribution in [1.29, 1.82) is 0 Å². The maximum Gasteiger partial charge on any atom is 0.309 e. The zero-order chi connectivity index (χ0) is 11.6. The summed E-state index contributed by atoms with van der Waals surface area (Å²) < 4.78 is 24.5. The van der Waals surface area contributed by atoms with Gasteiger partial charge < -0.3 is 10.2 Å². The number of carbonyl (C=O) groups is 1. The highest BCUT2D eigenvalue weighted by Crippen LogP contribution is 2.30. The van der Waals surface area contributed by atoms with Crippen molar-refractivity contribution >= 4 is 17.6 Å². The second-order valence-electron chi connectivity index (χ2n) is 2.70. The topological polar surface area (TPSA) is 70.4 Å². The largest absolute Gasteiger partial charge is 0.505 e. The molecule has 1 rings (SSSR count). The smallest absolute Gasteiger partial charge is 0.309 e. The lowest BCUT2D eigenvalue weighted by Gasteiger charge is -2.06. The van der Waals surface area contributed by atoms with E-state index < -0.39 is 30.3 Å². The first kappa shape index (κ1) is 11.6. The van der Waals surface area contributed by atoms with Crippen LogP contribution in [0, 0.1) is 0 Å². The predicted molar refractivity (Wildman–Crippen MR) is 47.2 cm³/mol. The van der Waals surface area contributed by atoms with Gasteiger partial charge in [0.15, 0.2) is 5.75 Å².